The second kappa shape index (κ2) is 6.76. The van der Waals surface area contributed by atoms with E-state index in [1.165, 1.54) is 0 Å². The monoisotopic (exact) mass is 374 g/mol. The molecule has 1 aromatic carbocycles. The maximum absolute atomic E-state index is 12.9. The van der Waals surface area contributed by atoms with Crippen LogP contribution in [0.5, 0.6) is 0 Å². The van der Waals surface area contributed by atoms with Crippen molar-refractivity contribution < 1.29 is 4.79 Å². The number of likely N-dealkylation sites (tertiary alicyclic amines) is 1. The molecule has 1 fully saturated rings. The molecule has 0 bridgehead atoms. The van der Waals surface area contributed by atoms with E-state index in [0.29, 0.717) is 5.56 Å². The summed E-state index contributed by atoms with van der Waals surface area (Å²) in [6.07, 6.45) is 5.22. The molecule has 0 unspecified atom stereocenters. The summed E-state index contributed by atoms with van der Waals surface area (Å²) in [6.45, 7) is 0.904. The van der Waals surface area contributed by atoms with Crippen molar-refractivity contribution in [2.24, 2.45) is 0 Å². The fourth-order valence-corrected chi connectivity index (χ4v) is 4.04. The number of hydrogen-bond donors (Lipinski definition) is 2. The molecule has 4 heterocycles. The van der Waals surface area contributed by atoms with E-state index in [1.807, 2.05) is 48.7 Å². The number of nitrogens with zero attached hydrogens (tertiary/aromatic N) is 4. The van der Waals surface area contributed by atoms with Gasteiger partial charge in [-0.1, -0.05) is 18.2 Å². The van der Waals surface area contributed by atoms with Gasteiger partial charge in [0.1, 0.15) is 5.82 Å². The predicted octanol–water partition coefficient (Wildman–Crippen LogP) is 2.78. The van der Waals surface area contributed by atoms with Gasteiger partial charge in [-0.05, 0) is 44.2 Å². The molecule has 2 N–H and O–H groups in total. The Kier molecular flexibility index (Phi) is 4.09. The van der Waals surface area contributed by atoms with Crippen LogP contribution in [0.4, 0.5) is 0 Å². The molecular weight excluding hydrogens is 352 g/mol. The predicted molar refractivity (Wildman–Crippen MR) is 107 cm³/mol. The van der Waals surface area contributed by atoms with Crippen LogP contribution in [0, 0.1) is 0 Å². The van der Waals surface area contributed by atoms with Crippen molar-refractivity contribution in [2.75, 3.05) is 13.6 Å². The van der Waals surface area contributed by atoms with Crippen LogP contribution in [-0.2, 0) is 0 Å². The third-order valence-corrected chi connectivity index (χ3v) is 5.60. The Morgan fingerprint density at radius 3 is 2.96 bits per heavy atom. The van der Waals surface area contributed by atoms with Crippen LogP contribution in [0.25, 0.3) is 16.6 Å². The van der Waals surface area contributed by atoms with E-state index in [2.05, 4.69) is 27.3 Å². The number of aromatic nitrogens is 4. The van der Waals surface area contributed by atoms with E-state index >= 15 is 0 Å². The topological polar surface area (TPSA) is 78.3 Å². The number of H-pyrrole nitrogens is 1. The maximum atomic E-state index is 12.9. The number of pyridine rings is 1. The third-order valence-electron chi connectivity index (χ3n) is 5.60. The number of nitrogens with one attached hydrogen (secondary N) is 2. The highest BCUT2D eigenvalue weighted by Crippen LogP contribution is 2.29. The maximum Gasteiger partial charge on any atom is 0.255 e. The molecular formula is C21H22N6O. The smallest absolute Gasteiger partial charge is 0.255 e. The minimum absolute atomic E-state index is 0.0703. The van der Waals surface area contributed by atoms with Gasteiger partial charge in [-0.2, -0.15) is 5.10 Å². The summed E-state index contributed by atoms with van der Waals surface area (Å²) in [5.74, 6) is 0.887. The summed E-state index contributed by atoms with van der Waals surface area (Å²) in [6, 6.07) is 14.0. The number of fused-ring (bicyclic) bond motifs is 2. The molecule has 0 aliphatic carbocycles. The highest BCUT2D eigenvalue weighted by Gasteiger charge is 2.30. The zero-order valence-electron chi connectivity index (χ0n) is 15.7. The van der Waals surface area contributed by atoms with Crippen molar-refractivity contribution in [2.45, 2.75) is 24.9 Å². The first-order valence-corrected chi connectivity index (χ1v) is 9.57. The number of aromatic amines is 1. The van der Waals surface area contributed by atoms with Crippen LogP contribution < -0.4 is 5.32 Å². The molecule has 1 aliphatic rings. The number of imidazole rings is 1. The number of para-hydroxylation sites is 2. The molecule has 1 aliphatic heterocycles. The highest BCUT2D eigenvalue weighted by atomic mass is 16.1. The van der Waals surface area contributed by atoms with Crippen LogP contribution in [0.15, 0.2) is 54.9 Å². The number of carbonyl (C=O) groups excluding carboxylic acids is 1. The lowest BCUT2D eigenvalue weighted by atomic mass is 9.97. The van der Waals surface area contributed by atoms with Gasteiger partial charge in [0.25, 0.3) is 5.91 Å². The van der Waals surface area contributed by atoms with Gasteiger partial charge >= 0.3 is 0 Å². The fourth-order valence-electron chi connectivity index (χ4n) is 4.04. The van der Waals surface area contributed by atoms with Gasteiger partial charge in [0, 0.05) is 18.8 Å². The Labute approximate surface area is 162 Å². The third kappa shape index (κ3) is 2.93. The molecule has 1 saturated heterocycles. The molecule has 2 atom stereocenters. The van der Waals surface area contributed by atoms with Gasteiger partial charge in [0.05, 0.1) is 34.4 Å². The number of carbonyl (C=O) groups is 1. The second-order valence-electron chi connectivity index (χ2n) is 7.42. The standard InChI is InChI=1S/C21H22N6O/c1-26-11-9-14(12-19(26)20-24-16-6-2-3-7-17(16)25-20)23-21(28)15-13-22-27-10-5-4-8-18(15)27/h2-8,10,13-14,19H,9,11-12H2,1H3,(H,23,28)(H,24,25)/t14-,19-/m1/s1. The van der Waals surface area contributed by atoms with E-state index in [0.717, 1.165) is 41.8 Å². The van der Waals surface area contributed by atoms with E-state index < -0.39 is 0 Å². The summed E-state index contributed by atoms with van der Waals surface area (Å²) in [5.41, 5.74) is 3.45. The quantitative estimate of drug-likeness (QED) is 0.578. The van der Waals surface area contributed by atoms with E-state index in [4.69, 9.17) is 4.98 Å². The van der Waals surface area contributed by atoms with Crippen molar-refractivity contribution in [1.29, 1.82) is 0 Å². The van der Waals surface area contributed by atoms with E-state index in [-0.39, 0.29) is 18.0 Å². The van der Waals surface area contributed by atoms with Crippen LogP contribution in [0.3, 0.4) is 0 Å². The van der Waals surface area contributed by atoms with Crippen molar-refractivity contribution in [3.8, 4) is 0 Å². The number of amides is 1. The Hall–Kier alpha value is -3.19. The largest absolute Gasteiger partial charge is 0.349 e. The molecule has 3 aromatic heterocycles. The normalized spacial score (nSPS) is 20.6. The van der Waals surface area contributed by atoms with Gasteiger partial charge in [0.2, 0.25) is 0 Å². The van der Waals surface area contributed by atoms with Gasteiger partial charge in [-0.15, -0.1) is 0 Å². The molecule has 0 saturated carbocycles. The minimum atomic E-state index is -0.0703. The summed E-state index contributed by atoms with van der Waals surface area (Å²) < 4.78 is 1.72. The average Bonchev–Trinajstić information content (AvgIpc) is 3.33. The van der Waals surface area contributed by atoms with Gasteiger partial charge in [-0.25, -0.2) is 9.50 Å². The zero-order chi connectivity index (χ0) is 19.1. The zero-order valence-corrected chi connectivity index (χ0v) is 15.7. The van der Waals surface area contributed by atoms with Crippen LogP contribution in [0.2, 0.25) is 0 Å². The lowest BCUT2D eigenvalue weighted by Crippen LogP contribution is -2.45. The van der Waals surface area contributed by atoms with E-state index in [1.54, 1.807) is 10.7 Å². The van der Waals surface area contributed by atoms with E-state index in [9.17, 15) is 4.79 Å². The number of benzene rings is 1. The molecule has 28 heavy (non-hydrogen) atoms. The second-order valence-corrected chi connectivity index (χ2v) is 7.42. The van der Waals surface area contributed by atoms with Gasteiger partial charge in [-0.3, -0.25) is 9.69 Å². The highest BCUT2D eigenvalue weighted by molar-refractivity contribution is 6.00. The first kappa shape index (κ1) is 16.9. The number of rotatable bonds is 3. The number of piperidine rings is 1. The molecule has 7 nitrogen and oxygen atoms in total. The first-order chi connectivity index (χ1) is 13.7. The van der Waals surface area contributed by atoms with Crippen molar-refractivity contribution in [1.82, 2.24) is 29.8 Å². The Morgan fingerprint density at radius 2 is 2.07 bits per heavy atom. The van der Waals surface area contributed by atoms with Crippen LogP contribution in [0.1, 0.15) is 35.1 Å². The molecule has 4 aromatic rings. The lowest BCUT2D eigenvalue weighted by Gasteiger charge is -2.36. The molecule has 142 valence electrons. The first-order valence-electron chi connectivity index (χ1n) is 9.57. The van der Waals surface area contributed by atoms with Crippen molar-refractivity contribution in [3.05, 3.63) is 66.2 Å². The van der Waals surface area contributed by atoms with Crippen LogP contribution in [-0.4, -0.2) is 50.0 Å². The molecule has 0 radical (unpaired) electrons. The average molecular weight is 374 g/mol. The summed E-state index contributed by atoms with van der Waals surface area (Å²) in [5, 5.41) is 7.47. The number of hydrogen-bond acceptors (Lipinski definition) is 4. The summed E-state index contributed by atoms with van der Waals surface area (Å²) in [7, 11) is 2.11. The van der Waals surface area contributed by atoms with Crippen LogP contribution >= 0.6 is 0 Å². The van der Waals surface area contributed by atoms with Gasteiger partial charge in [0.15, 0.2) is 0 Å². The van der Waals surface area contributed by atoms with Crippen molar-refractivity contribution in [3.63, 3.8) is 0 Å². The Morgan fingerprint density at radius 1 is 1.21 bits per heavy atom. The minimum Gasteiger partial charge on any atom is -0.349 e. The summed E-state index contributed by atoms with van der Waals surface area (Å²) in [4.78, 5) is 23.4. The fraction of sp³-hybridized carbons (Fsp3) is 0.286. The molecule has 0 spiro atoms. The Bertz CT molecular complexity index is 1110. The van der Waals surface area contributed by atoms with Gasteiger partial charge < -0.3 is 10.3 Å². The summed E-state index contributed by atoms with van der Waals surface area (Å²) >= 11 is 0. The molecule has 7 heteroatoms. The lowest BCUT2D eigenvalue weighted by molar-refractivity contribution is 0.0886. The van der Waals surface area contributed by atoms with Crippen molar-refractivity contribution >= 4 is 22.5 Å². The SMILES string of the molecule is CN1CC[C@@H](NC(=O)c2cnn3ccccc23)C[C@@H]1c1nc2ccccc2[nH]1. The molecule has 1 amide bonds. The molecule has 5 rings (SSSR count). The Balaban J connectivity index is 1.35.